The highest BCUT2D eigenvalue weighted by Crippen LogP contribution is 2.09. The predicted molar refractivity (Wildman–Crippen MR) is 51.1 cm³/mol. The summed E-state index contributed by atoms with van der Waals surface area (Å²) in [6.45, 7) is 11.9. The Morgan fingerprint density at radius 2 is 2.00 bits per heavy atom. The maximum Gasteiger partial charge on any atom is 0.0810 e. The first-order valence-electron chi connectivity index (χ1n) is 4.27. The van der Waals surface area contributed by atoms with Gasteiger partial charge in [-0.1, -0.05) is 5.57 Å². The standard InChI is InChI=1S/C10H20O2/c1-8(2)6-9(11)7-12-10(3,4)5/h9,11H,1,6-7H2,2-5H3/t9-/m0/s1. The summed E-state index contributed by atoms with van der Waals surface area (Å²) in [5, 5.41) is 9.40. The minimum Gasteiger partial charge on any atom is -0.390 e. The predicted octanol–water partition coefficient (Wildman–Crippen LogP) is 2.13. The van der Waals surface area contributed by atoms with E-state index in [9.17, 15) is 5.11 Å². The van der Waals surface area contributed by atoms with E-state index in [4.69, 9.17) is 4.74 Å². The zero-order valence-corrected chi connectivity index (χ0v) is 8.55. The van der Waals surface area contributed by atoms with Gasteiger partial charge in [-0.2, -0.15) is 0 Å². The number of ether oxygens (including phenoxy) is 1. The zero-order valence-electron chi connectivity index (χ0n) is 8.55. The molecule has 12 heavy (non-hydrogen) atoms. The smallest absolute Gasteiger partial charge is 0.0810 e. The van der Waals surface area contributed by atoms with Crippen molar-refractivity contribution in [2.45, 2.75) is 45.8 Å². The van der Waals surface area contributed by atoms with Crippen LogP contribution < -0.4 is 0 Å². The van der Waals surface area contributed by atoms with Gasteiger partial charge >= 0.3 is 0 Å². The topological polar surface area (TPSA) is 29.5 Å². The van der Waals surface area contributed by atoms with Crippen molar-refractivity contribution in [2.75, 3.05) is 6.61 Å². The van der Waals surface area contributed by atoms with Crippen molar-refractivity contribution < 1.29 is 9.84 Å². The maximum absolute atomic E-state index is 9.40. The van der Waals surface area contributed by atoms with Crippen molar-refractivity contribution >= 4 is 0 Å². The molecule has 0 heterocycles. The van der Waals surface area contributed by atoms with Gasteiger partial charge in [-0.3, -0.25) is 0 Å². The Morgan fingerprint density at radius 1 is 1.50 bits per heavy atom. The molecule has 0 amide bonds. The van der Waals surface area contributed by atoms with Crippen LogP contribution in [-0.4, -0.2) is 23.4 Å². The van der Waals surface area contributed by atoms with Crippen molar-refractivity contribution in [3.05, 3.63) is 12.2 Å². The van der Waals surface area contributed by atoms with E-state index < -0.39 is 6.10 Å². The van der Waals surface area contributed by atoms with Crippen molar-refractivity contribution in [1.82, 2.24) is 0 Å². The number of hydrogen-bond donors (Lipinski definition) is 1. The zero-order chi connectivity index (χ0) is 9.78. The van der Waals surface area contributed by atoms with Gasteiger partial charge < -0.3 is 9.84 Å². The molecule has 0 bridgehead atoms. The van der Waals surface area contributed by atoms with Gasteiger partial charge in [0.15, 0.2) is 0 Å². The molecule has 1 N–H and O–H groups in total. The number of hydrogen-bond acceptors (Lipinski definition) is 2. The van der Waals surface area contributed by atoms with Gasteiger partial charge in [-0.25, -0.2) is 0 Å². The molecule has 2 nitrogen and oxygen atoms in total. The molecule has 0 aliphatic rings. The fraction of sp³-hybridized carbons (Fsp3) is 0.800. The molecule has 0 aliphatic carbocycles. The second-order valence-corrected chi connectivity index (χ2v) is 4.24. The van der Waals surface area contributed by atoms with E-state index in [0.29, 0.717) is 13.0 Å². The normalized spacial score (nSPS) is 14.4. The molecule has 0 saturated carbocycles. The molecule has 2 heteroatoms. The molecule has 0 radical (unpaired) electrons. The average molecular weight is 172 g/mol. The fourth-order valence-corrected chi connectivity index (χ4v) is 0.807. The fourth-order valence-electron chi connectivity index (χ4n) is 0.807. The molecule has 1 atom stereocenters. The van der Waals surface area contributed by atoms with E-state index in [0.717, 1.165) is 5.57 Å². The number of aliphatic hydroxyl groups is 1. The lowest BCUT2D eigenvalue weighted by Gasteiger charge is -2.21. The monoisotopic (exact) mass is 172 g/mol. The minimum atomic E-state index is -0.415. The van der Waals surface area contributed by atoms with Crippen LogP contribution in [-0.2, 0) is 4.74 Å². The molecule has 0 aromatic rings. The molecule has 72 valence electrons. The van der Waals surface area contributed by atoms with Gasteiger partial charge in [0, 0.05) is 0 Å². The van der Waals surface area contributed by atoms with Crippen LogP contribution in [0, 0.1) is 0 Å². The second-order valence-electron chi connectivity index (χ2n) is 4.24. The van der Waals surface area contributed by atoms with Gasteiger partial charge in [0.25, 0.3) is 0 Å². The molecule has 0 saturated heterocycles. The minimum absolute atomic E-state index is 0.171. The van der Waals surface area contributed by atoms with Crippen LogP contribution in [0.15, 0.2) is 12.2 Å². The largest absolute Gasteiger partial charge is 0.390 e. The lowest BCUT2D eigenvalue weighted by molar-refractivity contribution is -0.0481. The van der Waals surface area contributed by atoms with Crippen LogP contribution in [0.4, 0.5) is 0 Å². The highest BCUT2D eigenvalue weighted by Gasteiger charge is 2.13. The van der Waals surface area contributed by atoms with E-state index in [1.165, 1.54) is 0 Å². The van der Waals surface area contributed by atoms with Crippen LogP contribution in [0.5, 0.6) is 0 Å². The third-order valence-corrected chi connectivity index (χ3v) is 1.29. The van der Waals surface area contributed by atoms with E-state index in [1.807, 2.05) is 27.7 Å². The molecule has 0 aliphatic heterocycles. The third-order valence-electron chi connectivity index (χ3n) is 1.29. The molecule has 0 aromatic carbocycles. The summed E-state index contributed by atoms with van der Waals surface area (Å²) in [6.07, 6.45) is 0.206. The van der Waals surface area contributed by atoms with Crippen LogP contribution >= 0.6 is 0 Å². The van der Waals surface area contributed by atoms with Crippen molar-refractivity contribution in [2.24, 2.45) is 0 Å². The van der Waals surface area contributed by atoms with Gasteiger partial charge in [-0.15, -0.1) is 6.58 Å². The summed E-state index contributed by atoms with van der Waals surface area (Å²) in [5.41, 5.74) is 0.816. The lowest BCUT2D eigenvalue weighted by Crippen LogP contribution is -2.26. The van der Waals surface area contributed by atoms with E-state index in [-0.39, 0.29) is 5.60 Å². The van der Waals surface area contributed by atoms with Crippen molar-refractivity contribution in [1.29, 1.82) is 0 Å². The lowest BCUT2D eigenvalue weighted by atomic mass is 10.1. The van der Waals surface area contributed by atoms with E-state index in [1.54, 1.807) is 0 Å². The first-order valence-corrected chi connectivity index (χ1v) is 4.27. The molecule has 0 aromatic heterocycles. The third kappa shape index (κ3) is 7.76. The Labute approximate surface area is 75.2 Å². The Morgan fingerprint density at radius 3 is 2.33 bits per heavy atom. The average Bonchev–Trinajstić information content (AvgIpc) is 1.80. The molecular weight excluding hydrogens is 152 g/mol. The van der Waals surface area contributed by atoms with Crippen LogP contribution in [0.1, 0.15) is 34.1 Å². The van der Waals surface area contributed by atoms with Gasteiger partial charge in [0.1, 0.15) is 0 Å². The van der Waals surface area contributed by atoms with Crippen molar-refractivity contribution in [3.63, 3.8) is 0 Å². The number of aliphatic hydroxyl groups excluding tert-OH is 1. The summed E-state index contributed by atoms with van der Waals surface area (Å²) in [7, 11) is 0. The van der Waals surface area contributed by atoms with E-state index >= 15 is 0 Å². The Hall–Kier alpha value is -0.340. The quantitative estimate of drug-likeness (QED) is 0.658. The Bertz CT molecular complexity index is 144. The van der Waals surface area contributed by atoms with Crippen LogP contribution in [0.3, 0.4) is 0 Å². The first-order chi connectivity index (χ1) is 5.31. The van der Waals surface area contributed by atoms with Gasteiger partial charge in [-0.05, 0) is 34.1 Å². The SMILES string of the molecule is C=C(C)C[C@H](O)COC(C)(C)C. The van der Waals surface area contributed by atoms with Crippen LogP contribution in [0.2, 0.25) is 0 Å². The van der Waals surface area contributed by atoms with Crippen LogP contribution in [0.25, 0.3) is 0 Å². The molecule has 0 rings (SSSR count). The summed E-state index contributed by atoms with van der Waals surface area (Å²) in [5.74, 6) is 0. The first kappa shape index (κ1) is 11.7. The van der Waals surface area contributed by atoms with E-state index in [2.05, 4.69) is 6.58 Å². The second kappa shape index (κ2) is 4.63. The summed E-state index contributed by atoms with van der Waals surface area (Å²) in [6, 6.07) is 0. The Kier molecular flexibility index (Phi) is 4.50. The summed E-state index contributed by atoms with van der Waals surface area (Å²) < 4.78 is 5.40. The molecule has 0 spiro atoms. The highest BCUT2D eigenvalue weighted by atomic mass is 16.5. The molecule has 0 unspecified atom stereocenters. The van der Waals surface area contributed by atoms with Crippen molar-refractivity contribution in [3.8, 4) is 0 Å². The maximum atomic E-state index is 9.40. The van der Waals surface area contributed by atoms with Gasteiger partial charge in [0.05, 0.1) is 18.3 Å². The Balaban J connectivity index is 3.57. The number of rotatable bonds is 4. The molecule has 0 fully saturated rings. The van der Waals surface area contributed by atoms with Gasteiger partial charge in [0.2, 0.25) is 0 Å². The molecular formula is C10H20O2. The summed E-state index contributed by atoms with van der Waals surface area (Å²) >= 11 is 0. The summed E-state index contributed by atoms with van der Waals surface area (Å²) in [4.78, 5) is 0. The highest BCUT2D eigenvalue weighted by molar-refractivity contribution is 4.90.